The van der Waals surface area contributed by atoms with Gasteiger partial charge in [0.05, 0.1) is 6.20 Å². The van der Waals surface area contributed by atoms with Gasteiger partial charge in [0, 0.05) is 17.7 Å². The maximum Gasteiger partial charge on any atom is 0.126 e. The third kappa shape index (κ3) is 2.62. The molecule has 0 unspecified atom stereocenters. The van der Waals surface area contributed by atoms with Crippen LogP contribution in [0.4, 0.5) is 5.82 Å². The van der Waals surface area contributed by atoms with Crippen LogP contribution in [0.5, 0.6) is 5.75 Å². The lowest BCUT2D eigenvalue weighted by atomic mass is 10.0. The Hall–Kier alpha value is -2.01. The smallest absolute Gasteiger partial charge is 0.126 e. The Labute approximate surface area is 106 Å². The largest absolute Gasteiger partial charge is 0.507 e. The number of phenols is 1. The van der Waals surface area contributed by atoms with Crippen molar-refractivity contribution in [3.63, 3.8) is 0 Å². The van der Waals surface area contributed by atoms with Crippen molar-refractivity contribution >= 4 is 5.82 Å². The highest BCUT2D eigenvalue weighted by molar-refractivity contribution is 5.78. The van der Waals surface area contributed by atoms with E-state index in [1.807, 2.05) is 26.2 Å². The van der Waals surface area contributed by atoms with Crippen LogP contribution in [0, 0.1) is 0 Å². The minimum Gasteiger partial charge on any atom is -0.507 e. The van der Waals surface area contributed by atoms with Crippen LogP contribution < -0.4 is 5.73 Å². The van der Waals surface area contributed by atoms with Gasteiger partial charge < -0.3 is 15.7 Å². The summed E-state index contributed by atoms with van der Waals surface area (Å²) in [4.78, 5) is 2.12. The average Bonchev–Trinajstić information content (AvgIpc) is 2.74. The quantitative estimate of drug-likeness (QED) is 0.763. The first-order chi connectivity index (χ1) is 8.58. The maximum atomic E-state index is 9.90. The molecule has 5 heteroatoms. The molecule has 4 N–H and O–H groups in total. The number of anilines is 1. The molecule has 96 valence electrons. The number of rotatable bonds is 4. The molecular formula is C13H18N4O. The summed E-state index contributed by atoms with van der Waals surface area (Å²) in [5.74, 6) is 0.687. The van der Waals surface area contributed by atoms with Gasteiger partial charge in [0.1, 0.15) is 11.6 Å². The first-order valence-electron chi connectivity index (χ1n) is 5.84. The molecule has 1 aromatic carbocycles. The summed E-state index contributed by atoms with van der Waals surface area (Å²) >= 11 is 0. The summed E-state index contributed by atoms with van der Waals surface area (Å²) in [6.45, 7) is 0.963. The zero-order valence-electron chi connectivity index (χ0n) is 10.6. The van der Waals surface area contributed by atoms with Crippen molar-refractivity contribution in [1.29, 1.82) is 0 Å². The van der Waals surface area contributed by atoms with E-state index in [0.29, 0.717) is 5.82 Å². The van der Waals surface area contributed by atoms with E-state index in [0.717, 1.165) is 29.7 Å². The predicted molar refractivity (Wildman–Crippen MR) is 72.4 cm³/mol. The number of likely N-dealkylation sites (N-methyl/N-ethyl adjacent to an activating group) is 1. The minimum atomic E-state index is 0.219. The summed E-state index contributed by atoms with van der Waals surface area (Å²) in [5.41, 5.74) is 8.40. The van der Waals surface area contributed by atoms with E-state index in [1.165, 1.54) is 0 Å². The number of nitrogens with one attached hydrogen (secondary N) is 1. The number of aromatic amines is 1. The molecule has 0 radical (unpaired) electrons. The summed E-state index contributed by atoms with van der Waals surface area (Å²) in [6.07, 6.45) is 2.55. The molecule has 0 atom stereocenters. The number of H-pyrrole nitrogens is 1. The Bertz CT molecular complexity index is 534. The molecular weight excluding hydrogens is 228 g/mol. The van der Waals surface area contributed by atoms with E-state index < -0.39 is 0 Å². The van der Waals surface area contributed by atoms with Crippen LogP contribution >= 0.6 is 0 Å². The lowest BCUT2D eigenvalue weighted by Gasteiger charge is -2.11. The number of nitrogens with two attached hydrogens (primary N) is 1. The van der Waals surface area contributed by atoms with Crippen molar-refractivity contribution in [2.45, 2.75) is 6.42 Å². The molecule has 0 amide bonds. The van der Waals surface area contributed by atoms with Gasteiger partial charge >= 0.3 is 0 Å². The third-order valence-electron chi connectivity index (χ3n) is 2.87. The van der Waals surface area contributed by atoms with E-state index in [-0.39, 0.29) is 5.75 Å². The second kappa shape index (κ2) is 5.10. The molecule has 0 spiro atoms. The molecule has 1 aromatic heterocycles. The van der Waals surface area contributed by atoms with Crippen LogP contribution in [-0.4, -0.2) is 40.8 Å². The summed E-state index contributed by atoms with van der Waals surface area (Å²) in [5, 5.41) is 16.4. The zero-order valence-corrected chi connectivity index (χ0v) is 10.6. The molecule has 0 saturated carbocycles. The van der Waals surface area contributed by atoms with Gasteiger partial charge in [0.15, 0.2) is 0 Å². The predicted octanol–water partition coefficient (Wildman–Crippen LogP) is 1.47. The fourth-order valence-electron chi connectivity index (χ4n) is 1.82. The monoisotopic (exact) mass is 246 g/mol. The van der Waals surface area contributed by atoms with Crippen molar-refractivity contribution in [2.75, 3.05) is 26.4 Å². The van der Waals surface area contributed by atoms with Gasteiger partial charge in [0.25, 0.3) is 0 Å². The summed E-state index contributed by atoms with van der Waals surface area (Å²) in [6, 6.07) is 5.59. The number of aromatic nitrogens is 2. The van der Waals surface area contributed by atoms with Crippen LogP contribution in [0.25, 0.3) is 11.1 Å². The van der Waals surface area contributed by atoms with Gasteiger partial charge in [-0.1, -0.05) is 6.07 Å². The number of aromatic hydroxyl groups is 1. The van der Waals surface area contributed by atoms with Gasteiger partial charge in [-0.3, -0.25) is 5.10 Å². The second-order valence-electron chi connectivity index (χ2n) is 4.60. The van der Waals surface area contributed by atoms with Gasteiger partial charge in [-0.2, -0.15) is 5.10 Å². The number of hydrogen-bond donors (Lipinski definition) is 3. The van der Waals surface area contributed by atoms with Gasteiger partial charge in [0.2, 0.25) is 0 Å². The Morgan fingerprint density at radius 3 is 2.72 bits per heavy atom. The lowest BCUT2D eigenvalue weighted by molar-refractivity contribution is 0.413. The first-order valence-corrected chi connectivity index (χ1v) is 5.84. The Morgan fingerprint density at radius 2 is 2.11 bits per heavy atom. The highest BCUT2D eigenvalue weighted by Gasteiger charge is 2.10. The van der Waals surface area contributed by atoms with Crippen molar-refractivity contribution in [3.8, 4) is 16.9 Å². The van der Waals surface area contributed by atoms with E-state index in [2.05, 4.69) is 15.1 Å². The second-order valence-corrected chi connectivity index (χ2v) is 4.60. The SMILES string of the molecule is CN(C)CCc1ccc(O)c(-c2cn[nH]c2N)c1. The number of phenolic OH excluding ortho intramolecular Hbond substituents is 1. The molecule has 0 aliphatic heterocycles. The van der Waals surface area contributed by atoms with Crippen molar-refractivity contribution in [2.24, 2.45) is 0 Å². The van der Waals surface area contributed by atoms with E-state index in [4.69, 9.17) is 5.73 Å². The third-order valence-corrected chi connectivity index (χ3v) is 2.87. The van der Waals surface area contributed by atoms with Crippen molar-refractivity contribution in [3.05, 3.63) is 30.0 Å². The Kier molecular flexibility index (Phi) is 3.53. The molecule has 0 aliphatic carbocycles. The molecule has 0 aliphatic rings. The highest BCUT2D eigenvalue weighted by atomic mass is 16.3. The number of nitrogen functional groups attached to an aromatic ring is 1. The Balaban J connectivity index is 2.30. The topological polar surface area (TPSA) is 78.2 Å². The van der Waals surface area contributed by atoms with Crippen molar-refractivity contribution in [1.82, 2.24) is 15.1 Å². The minimum absolute atomic E-state index is 0.219. The standard InChI is InChI=1S/C13H18N4O/c1-17(2)6-5-9-3-4-12(18)10(7-9)11-8-15-16-13(11)14/h3-4,7-8,18H,5-6H2,1-2H3,(H3,14,15,16). The number of benzene rings is 1. The van der Waals surface area contributed by atoms with Crippen LogP contribution in [0.3, 0.4) is 0 Å². The summed E-state index contributed by atoms with van der Waals surface area (Å²) in [7, 11) is 4.07. The van der Waals surface area contributed by atoms with Crippen LogP contribution in [0.1, 0.15) is 5.56 Å². The van der Waals surface area contributed by atoms with Gasteiger partial charge in [-0.15, -0.1) is 0 Å². The fraction of sp³-hybridized carbons (Fsp3) is 0.308. The van der Waals surface area contributed by atoms with E-state index in [9.17, 15) is 5.11 Å². The lowest BCUT2D eigenvalue weighted by Crippen LogP contribution is -2.15. The average molecular weight is 246 g/mol. The van der Waals surface area contributed by atoms with Crippen LogP contribution in [0.2, 0.25) is 0 Å². The highest BCUT2D eigenvalue weighted by Crippen LogP contribution is 2.32. The number of nitrogens with zero attached hydrogens (tertiary/aromatic N) is 2. The van der Waals surface area contributed by atoms with Gasteiger partial charge in [-0.05, 0) is 38.2 Å². The zero-order chi connectivity index (χ0) is 13.1. The summed E-state index contributed by atoms with van der Waals surface area (Å²) < 4.78 is 0. The number of hydrogen-bond acceptors (Lipinski definition) is 4. The van der Waals surface area contributed by atoms with E-state index in [1.54, 1.807) is 12.3 Å². The first kappa shape index (κ1) is 12.4. The van der Waals surface area contributed by atoms with Crippen molar-refractivity contribution < 1.29 is 5.11 Å². The van der Waals surface area contributed by atoms with Gasteiger partial charge in [-0.25, -0.2) is 0 Å². The van der Waals surface area contributed by atoms with Crippen LogP contribution in [-0.2, 0) is 6.42 Å². The normalized spacial score (nSPS) is 11.1. The molecule has 2 aromatic rings. The molecule has 5 nitrogen and oxygen atoms in total. The molecule has 0 saturated heterocycles. The molecule has 0 fully saturated rings. The molecule has 18 heavy (non-hydrogen) atoms. The maximum absolute atomic E-state index is 9.90. The molecule has 0 bridgehead atoms. The molecule has 2 rings (SSSR count). The molecule has 1 heterocycles. The Morgan fingerprint density at radius 1 is 1.33 bits per heavy atom. The van der Waals surface area contributed by atoms with E-state index >= 15 is 0 Å². The fourth-order valence-corrected chi connectivity index (χ4v) is 1.82. The van der Waals surface area contributed by atoms with Crippen LogP contribution in [0.15, 0.2) is 24.4 Å².